The summed E-state index contributed by atoms with van der Waals surface area (Å²) in [6.07, 6.45) is 4.17. The second-order valence-electron chi connectivity index (χ2n) is 2.67. The summed E-state index contributed by atoms with van der Waals surface area (Å²) in [4.78, 5) is 4.35. The zero-order valence-corrected chi connectivity index (χ0v) is 8.53. The average molecular weight is 181 g/mol. The monoisotopic (exact) mass is 181 g/mol. The molecule has 0 aliphatic heterocycles. The number of aromatic nitrogens is 1. The first-order valence-electron chi connectivity index (χ1n) is 4.45. The third kappa shape index (κ3) is 2.52. The van der Waals surface area contributed by atoms with Crippen molar-refractivity contribution in [3.8, 4) is 0 Å². The largest absolute Gasteiger partial charge is 0.250 e. The minimum atomic E-state index is 1.08. The van der Waals surface area contributed by atoms with E-state index in [0.717, 1.165) is 6.42 Å². The molecule has 0 radical (unpaired) electrons. The first-order chi connectivity index (χ1) is 5.88. The number of hydrogen-bond donors (Lipinski definition) is 0. The Kier molecular flexibility index (Phi) is 4.15. The fraction of sp³-hybridized carbons (Fsp3) is 0.500. The predicted molar refractivity (Wildman–Crippen MR) is 54.6 cm³/mol. The van der Waals surface area contributed by atoms with Crippen LogP contribution in [0.1, 0.15) is 25.8 Å². The third-order valence-electron chi connectivity index (χ3n) is 1.67. The fourth-order valence-electron chi connectivity index (χ4n) is 1.02. The molecule has 0 aromatic carbocycles. The quantitative estimate of drug-likeness (QED) is 0.662. The van der Waals surface area contributed by atoms with E-state index in [9.17, 15) is 0 Å². The predicted octanol–water partition coefficient (Wildman–Crippen LogP) is 3.15. The van der Waals surface area contributed by atoms with Crippen LogP contribution in [-0.2, 0) is 6.42 Å². The molecular formula is C10H15NS. The van der Waals surface area contributed by atoms with Crippen LogP contribution in [0.4, 0.5) is 0 Å². The molecule has 66 valence electrons. The van der Waals surface area contributed by atoms with Gasteiger partial charge in [0.15, 0.2) is 0 Å². The highest BCUT2D eigenvalue weighted by Gasteiger charge is 1.99. The minimum absolute atomic E-state index is 1.08. The molecule has 0 bridgehead atoms. The smallest absolute Gasteiger partial charge is 0.0991 e. The van der Waals surface area contributed by atoms with Gasteiger partial charge in [-0.05, 0) is 30.2 Å². The van der Waals surface area contributed by atoms with Gasteiger partial charge in [0.25, 0.3) is 0 Å². The Morgan fingerprint density at radius 2 is 2.25 bits per heavy atom. The Hall–Kier alpha value is -0.500. The van der Waals surface area contributed by atoms with Gasteiger partial charge in [0, 0.05) is 6.20 Å². The zero-order chi connectivity index (χ0) is 8.81. The van der Waals surface area contributed by atoms with Crippen molar-refractivity contribution in [2.24, 2.45) is 0 Å². The van der Waals surface area contributed by atoms with Crippen LogP contribution in [0.5, 0.6) is 0 Å². The summed E-state index contributed by atoms with van der Waals surface area (Å²) < 4.78 is 0. The van der Waals surface area contributed by atoms with Crippen molar-refractivity contribution in [2.45, 2.75) is 31.7 Å². The summed E-state index contributed by atoms with van der Waals surface area (Å²) in [5, 5.41) is 1.21. The average Bonchev–Trinajstić information content (AvgIpc) is 2.15. The van der Waals surface area contributed by atoms with E-state index in [4.69, 9.17) is 0 Å². The van der Waals surface area contributed by atoms with Crippen molar-refractivity contribution in [2.75, 3.05) is 5.75 Å². The molecule has 0 spiro atoms. The highest BCUT2D eigenvalue weighted by Crippen LogP contribution is 2.20. The highest BCUT2D eigenvalue weighted by atomic mass is 32.2. The maximum absolute atomic E-state index is 4.35. The standard InChI is InChI=1S/C10H15NS/c1-3-8-12-10-9(4-2)6-5-7-11-10/h5-7H,3-4,8H2,1-2H3. The van der Waals surface area contributed by atoms with E-state index in [2.05, 4.69) is 24.9 Å². The Morgan fingerprint density at radius 3 is 2.92 bits per heavy atom. The summed E-state index contributed by atoms with van der Waals surface area (Å²) in [5.41, 5.74) is 1.37. The van der Waals surface area contributed by atoms with Crippen LogP contribution in [0.15, 0.2) is 23.4 Å². The van der Waals surface area contributed by atoms with Gasteiger partial charge in [-0.3, -0.25) is 0 Å². The maximum Gasteiger partial charge on any atom is 0.0991 e. The molecule has 0 aliphatic rings. The van der Waals surface area contributed by atoms with Crippen molar-refractivity contribution in [3.05, 3.63) is 23.9 Å². The van der Waals surface area contributed by atoms with Crippen LogP contribution in [0.25, 0.3) is 0 Å². The normalized spacial score (nSPS) is 10.2. The Balaban J connectivity index is 2.68. The SMILES string of the molecule is CCCSc1ncccc1CC. The van der Waals surface area contributed by atoms with E-state index in [-0.39, 0.29) is 0 Å². The third-order valence-corrected chi connectivity index (χ3v) is 2.93. The first kappa shape index (κ1) is 9.59. The van der Waals surface area contributed by atoms with Crippen LogP contribution >= 0.6 is 11.8 Å². The van der Waals surface area contributed by atoms with Gasteiger partial charge in [0.2, 0.25) is 0 Å². The van der Waals surface area contributed by atoms with E-state index in [1.807, 2.05) is 24.0 Å². The Bertz CT molecular complexity index is 235. The van der Waals surface area contributed by atoms with E-state index in [1.165, 1.54) is 22.8 Å². The lowest BCUT2D eigenvalue weighted by Crippen LogP contribution is -1.89. The molecule has 2 heteroatoms. The summed E-state index contributed by atoms with van der Waals surface area (Å²) in [5.74, 6) is 1.17. The van der Waals surface area contributed by atoms with Gasteiger partial charge in [-0.1, -0.05) is 19.9 Å². The van der Waals surface area contributed by atoms with Crippen molar-refractivity contribution in [3.63, 3.8) is 0 Å². The van der Waals surface area contributed by atoms with Crippen molar-refractivity contribution in [1.82, 2.24) is 4.98 Å². The molecule has 1 heterocycles. The number of pyridine rings is 1. The molecule has 0 saturated carbocycles. The van der Waals surface area contributed by atoms with E-state index in [0.29, 0.717) is 0 Å². The summed E-state index contributed by atoms with van der Waals surface area (Å²) in [6, 6.07) is 4.17. The molecule has 12 heavy (non-hydrogen) atoms. The lowest BCUT2D eigenvalue weighted by Gasteiger charge is -2.03. The van der Waals surface area contributed by atoms with E-state index in [1.54, 1.807) is 0 Å². The first-order valence-corrected chi connectivity index (χ1v) is 5.43. The van der Waals surface area contributed by atoms with Crippen LogP contribution in [-0.4, -0.2) is 10.7 Å². The number of rotatable bonds is 4. The van der Waals surface area contributed by atoms with Gasteiger partial charge in [-0.25, -0.2) is 4.98 Å². The van der Waals surface area contributed by atoms with Gasteiger partial charge in [-0.2, -0.15) is 0 Å². The zero-order valence-electron chi connectivity index (χ0n) is 7.71. The van der Waals surface area contributed by atoms with Gasteiger partial charge < -0.3 is 0 Å². The van der Waals surface area contributed by atoms with Gasteiger partial charge in [0.1, 0.15) is 0 Å². The summed E-state index contributed by atoms with van der Waals surface area (Å²) in [7, 11) is 0. The van der Waals surface area contributed by atoms with Gasteiger partial charge in [0.05, 0.1) is 5.03 Å². The fourth-order valence-corrected chi connectivity index (χ4v) is 1.95. The van der Waals surface area contributed by atoms with Crippen molar-refractivity contribution < 1.29 is 0 Å². The molecule has 0 atom stereocenters. The molecule has 0 unspecified atom stereocenters. The van der Waals surface area contributed by atoms with Crippen LogP contribution in [0.3, 0.4) is 0 Å². The van der Waals surface area contributed by atoms with E-state index < -0.39 is 0 Å². The Labute approximate surface area is 78.6 Å². The lowest BCUT2D eigenvalue weighted by atomic mass is 10.2. The molecule has 1 nitrogen and oxygen atoms in total. The summed E-state index contributed by atoms with van der Waals surface area (Å²) >= 11 is 1.86. The van der Waals surface area contributed by atoms with Crippen molar-refractivity contribution >= 4 is 11.8 Å². The van der Waals surface area contributed by atoms with Gasteiger partial charge in [-0.15, -0.1) is 11.8 Å². The molecule has 0 saturated heterocycles. The molecule has 0 amide bonds. The minimum Gasteiger partial charge on any atom is -0.250 e. The summed E-state index contributed by atoms with van der Waals surface area (Å²) in [6.45, 7) is 4.37. The van der Waals surface area contributed by atoms with E-state index >= 15 is 0 Å². The molecule has 1 rings (SSSR count). The maximum atomic E-state index is 4.35. The number of aryl methyl sites for hydroxylation is 1. The molecular weight excluding hydrogens is 166 g/mol. The number of hydrogen-bond acceptors (Lipinski definition) is 2. The van der Waals surface area contributed by atoms with Crippen LogP contribution in [0.2, 0.25) is 0 Å². The number of nitrogens with zero attached hydrogens (tertiary/aromatic N) is 1. The molecule has 0 fully saturated rings. The molecule has 0 N–H and O–H groups in total. The highest BCUT2D eigenvalue weighted by molar-refractivity contribution is 7.99. The lowest BCUT2D eigenvalue weighted by molar-refractivity contribution is 0.988. The van der Waals surface area contributed by atoms with Crippen LogP contribution in [0, 0.1) is 0 Å². The second-order valence-corrected chi connectivity index (χ2v) is 3.75. The Morgan fingerprint density at radius 1 is 1.42 bits per heavy atom. The topological polar surface area (TPSA) is 12.9 Å². The van der Waals surface area contributed by atoms with Crippen molar-refractivity contribution in [1.29, 1.82) is 0 Å². The van der Waals surface area contributed by atoms with Crippen LogP contribution < -0.4 is 0 Å². The molecule has 0 aliphatic carbocycles. The molecule has 1 aromatic rings. The van der Waals surface area contributed by atoms with Gasteiger partial charge >= 0.3 is 0 Å². The molecule has 1 aromatic heterocycles. The second kappa shape index (κ2) is 5.20. The number of thioether (sulfide) groups is 1.